The molecule has 0 bridgehead atoms. The highest BCUT2D eigenvalue weighted by Crippen LogP contribution is 2.58. The quantitative estimate of drug-likeness (QED) is 0.810. The highest BCUT2D eigenvalue weighted by molar-refractivity contribution is 9.10. The predicted octanol–water partition coefficient (Wildman–Crippen LogP) is 4.42. The molecule has 1 N–H and O–H groups in total. The lowest BCUT2D eigenvalue weighted by Gasteiger charge is -2.21. The summed E-state index contributed by atoms with van der Waals surface area (Å²) in [6.45, 7) is 6.92. The van der Waals surface area contributed by atoms with Crippen molar-refractivity contribution < 1.29 is 8.78 Å². The van der Waals surface area contributed by atoms with Crippen LogP contribution in [0.15, 0.2) is 16.6 Å². The second-order valence-electron chi connectivity index (χ2n) is 5.59. The van der Waals surface area contributed by atoms with Crippen molar-refractivity contribution in [3.8, 4) is 0 Å². The maximum atomic E-state index is 14.1. The lowest BCUT2D eigenvalue weighted by atomic mass is 9.96. The molecule has 1 aromatic carbocycles. The van der Waals surface area contributed by atoms with Gasteiger partial charge < -0.3 is 5.32 Å². The molecule has 0 radical (unpaired) electrons. The minimum absolute atomic E-state index is 0.161. The summed E-state index contributed by atoms with van der Waals surface area (Å²) < 4.78 is 28.4. The molecule has 0 heterocycles. The number of hydrogen-bond donors (Lipinski definition) is 1. The van der Waals surface area contributed by atoms with Crippen LogP contribution in [0.3, 0.4) is 0 Å². The SMILES string of the molecule is CCNC(c1c(F)ccc(Br)c1F)C1CC1(C)C. The number of nitrogens with one attached hydrogen (secondary N) is 1. The molecule has 1 nitrogen and oxygen atoms in total. The Hall–Kier alpha value is -0.480. The Labute approximate surface area is 115 Å². The second kappa shape index (κ2) is 4.89. The van der Waals surface area contributed by atoms with E-state index < -0.39 is 11.6 Å². The summed E-state index contributed by atoms with van der Waals surface area (Å²) >= 11 is 3.13. The summed E-state index contributed by atoms with van der Waals surface area (Å²) in [5.74, 6) is -0.663. The number of halogens is 3. The van der Waals surface area contributed by atoms with Gasteiger partial charge in [-0.2, -0.15) is 0 Å². The smallest absolute Gasteiger partial charge is 0.145 e. The van der Waals surface area contributed by atoms with E-state index >= 15 is 0 Å². The molecule has 0 saturated heterocycles. The molecule has 1 fully saturated rings. The van der Waals surface area contributed by atoms with E-state index in [-0.39, 0.29) is 22.9 Å². The maximum Gasteiger partial charge on any atom is 0.145 e. The van der Waals surface area contributed by atoms with E-state index in [0.717, 1.165) is 6.42 Å². The van der Waals surface area contributed by atoms with E-state index in [1.807, 2.05) is 6.92 Å². The van der Waals surface area contributed by atoms with Crippen LogP contribution >= 0.6 is 15.9 Å². The summed E-state index contributed by atoms with van der Waals surface area (Å²) in [5, 5.41) is 3.22. The minimum Gasteiger partial charge on any atom is -0.310 e. The van der Waals surface area contributed by atoms with Crippen LogP contribution in [0.4, 0.5) is 8.78 Å². The third-order valence-corrected chi connectivity index (χ3v) is 4.42. The molecular weight excluding hydrogens is 300 g/mol. The predicted molar refractivity (Wildman–Crippen MR) is 72.4 cm³/mol. The summed E-state index contributed by atoms with van der Waals surface area (Å²) in [4.78, 5) is 0. The summed E-state index contributed by atoms with van der Waals surface area (Å²) in [5.41, 5.74) is 0.329. The molecule has 2 rings (SSSR count). The van der Waals surface area contributed by atoms with Crippen LogP contribution in [0.25, 0.3) is 0 Å². The topological polar surface area (TPSA) is 12.0 Å². The summed E-state index contributed by atoms with van der Waals surface area (Å²) in [6.07, 6.45) is 0.996. The van der Waals surface area contributed by atoms with Crippen LogP contribution in [0.5, 0.6) is 0 Å². The third kappa shape index (κ3) is 2.45. The van der Waals surface area contributed by atoms with Gasteiger partial charge in [-0.05, 0) is 52.4 Å². The Kier molecular flexibility index (Phi) is 3.79. The minimum atomic E-state index is -0.483. The summed E-state index contributed by atoms with van der Waals surface area (Å²) in [6, 6.07) is 2.49. The van der Waals surface area contributed by atoms with Crippen LogP contribution in [0.1, 0.15) is 38.8 Å². The fourth-order valence-corrected chi connectivity index (χ4v) is 2.92. The average molecular weight is 318 g/mol. The largest absolute Gasteiger partial charge is 0.310 e. The van der Waals surface area contributed by atoms with E-state index in [0.29, 0.717) is 11.0 Å². The van der Waals surface area contributed by atoms with Crippen molar-refractivity contribution in [2.75, 3.05) is 6.54 Å². The van der Waals surface area contributed by atoms with Gasteiger partial charge in [0.2, 0.25) is 0 Å². The monoisotopic (exact) mass is 317 g/mol. The molecule has 2 unspecified atom stereocenters. The van der Waals surface area contributed by atoms with E-state index in [9.17, 15) is 8.78 Å². The molecule has 0 aliphatic heterocycles. The van der Waals surface area contributed by atoms with E-state index in [1.54, 1.807) is 0 Å². The lowest BCUT2D eigenvalue weighted by Crippen LogP contribution is -2.26. The van der Waals surface area contributed by atoms with Gasteiger partial charge in [0.25, 0.3) is 0 Å². The molecule has 0 amide bonds. The standard InChI is InChI=1S/C14H18BrF2N/c1-4-18-13(8-7-14(8,2)3)11-10(16)6-5-9(15)12(11)17/h5-6,8,13,18H,4,7H2,1-3H3. The van der Waals surface area contributed by atoms with Crippen molar-refractivity contribution in [2.45, 2.75) is 33.2 Å². The number of hydrogen-bond acceptors (Lipinski definition) is 1. The van der Waals surface area contributed by atoms with Crippen molar-refractivity contribution in [1.82, 2.24) is 5.32 Å². The molecule has 18 heavy (non-hydrogen) atoms. The fourth-order valence-electron chi connectivity index (χ4n) is 2.57. The molecule has 0 aromatic heterocycles. The first kappa shape index (κ1) is 13.9. The second-order valence-corrected chi connectivity index (χ2v) is 6.45. The zero-order valence-corrected chi connectivity index (χ0v) is 12.4. The molecular formula is C14H18BrF2N. The molecule has 1 saturated carbocycles. The van der Waals surface area contributed by atoms with Gasteiger partial charge >= 0.3 is 0 Å². The first-order valence-electron chi connectivity index (χ1n) is 6.25. The Bertz CT molecular complexity index is 459. The molecule has 100 valence electrons. The number of benzene rings is 1. The Morgan fingerprint density at radius 1 is 1.44 bits per heavy atom. The van der Waals surface area contributed by atoms with Crippen LogP contribution < -0.4 is 5.32 Å². The van der Waals surface area contributed by atoms with Gasteiger partial charge in [0.1, 0.15) is 11.6 Å². The first-order valence-corrected chi connectivity index (χ1v) is 7.04. The maximum absolute atomic E-state index is 14.1. The van der Waals surface area contributed by atoms with Crippen molar-refractivity contribution in [1.29, 1.82) is 0 Å². The van der Waals surface area contributed by atoms with Gasteiger partial charge in [0, 0.05) is 11.6 Å². The normalized spacial score (nSPS) is 22.9. The molecule has 1 aromatic rings. The average Bonchev–Trinajstić information content (AvgIpc) is 2.92. The molecule has 1 aliphatic rings. The van der Waals surface area contributed by atoms with Crippen molar-refractivity contribution in [3.05, 3.63) is 33.8 Å². The molecule has 1 aliphatic carbocycles. The molecule has 2 atom stereocenters. The van der Waals surface area contributed by atoms with Crippen molar-refractivity contribution in [3.63, 3.8) is 0 Å². The van der Waals surface area contributed by atoms with Gasteiger partial charge in [-0.3, -0.25) is 0 Å². The van der Waals surface area contributed by atoms with E-state index in [1.165, 1.54) is 12.1 Å². The molecule has 4 heteroatoms. The van der Waals surface area contributed by atoms with Crippen LogP contribution in [0.2, 0.25) is 0 Å². The Morgan fingerprint density at radius 3 is 2.56 bits per heavy atom. The zero-order valence-electron chi connectivity index (χ0n) is 10.9. The van der Waals surface area contributed by atoms with E-state index in [2.05, 4.69) is 35.1 Å². The van der Waals surface area contributed by atoms with E-state index in [4.69, 9.17) is 0 Å². The highest BCUT2D eigenvalue weighted by atomic mass is 79.9. The van der Waals surface area contributed by atoms with Crippen LogP contribution in [-0.4, -0.2) is 6.54 Å². The fraction of sp³-hybridized carbons (Fsp3) is 0.571. The summed E-state index contributed by atoms with van der Waals surface area (Å²) in [7, 11) is 0. The van der Waals surface area contributed by atoms with Gasteiger partial charge in [-0.1, -0.05) is 20.8 Å². The highest BCUT2D eigenvalue weighted by Gasteiger charge is 2.51. The number of rotatable bonds is 4. The van der Waals surface area contributed by atoms with Crippen molar-refractivity contribution in [2.24, 2.45) is 11.3 Å². The first-order chi connectivity index (χ1) is 8.38. The van der Waals surface area contributed by atoms with Gasteiger partial charge in [0.15, 0.2) is 0 Å². The van der Waals surface area contributed by atoms with Crippen LogP contribution in [0, 0.1) is 23.0 Å². The van der Waals surface area contributed by atoms with Crippen molar-refractivity contribution >= 4 is 15.9 Å². The Balaban J connectivity index is 2.40. The molecule has 0 spiro atoms. The van der Waals surface area contributed by atoms with Gasteiger partial charge in [-0.25, -0.2) is 8.78 Å². The lowest BCUT2D eigenvalue weighted by molar-refractivity contribution is 0.393. The zero-order chi connectivity index (χ0) is 13.5. The van der Waals surface area contributed by atoms with Crippen LogP contribution in [-0.2, 0) is 0 Å². The Morgan fingerprint density at radius 2 is 2.06 bits per heavy atom. The van der Waals surface area contributed by atoms with Gasteiger partial charge in [-0.15, -0.1) is 0 Å². The third-order valence-electron chi connectivity index (χ3n) is 3.81. The van der Waals surface area contributed by atoms with Gasteiger partial charge in [0.05, 0.1) is 4.47 Å².